The number of carbonyl (C=O) groups excluding carboxylic acids is 3. The molecule has 0 spiro atoms. The Hall–Kier alpha value is -3.35. The molecule has 0 fully saturated rings. The average Bonchev–Trinajstić information content (AvgIpc) is 2.67. The summed E-state index contributed by atoms with van der Waals surface area (Å²) in [6.45, 7) is 0. The molecule has 26 heavy (non-hydrogen) atoms. The smallest absolute Gasteiger partial charge is 0.292 e. The second kappa shape index (κ2) is 8.66. The number of nitrogens with one attached hydrogen (secondary N) is 1. The van der Waals surface area contributed by atoms with Gasteiger partial charge in [0.05, 0.1) is 27.8 Å². The Morgan fingerprint density at radius 3 is 2.04 bits per heavy atom. The third kappa shape index (κ3) is 4.83. The van der Waals surface area contributed by atoms with Crippen LogP contribution in [0.25, 0.3) is 0 Å². The number of amides is 1. The molecule has 0 radical (unpaired) electrons. The zero-order valence-corrected chi connectivity index (χ0v) is 14.7. The lowest BCUT2D eigenvalue weighted by molar-refractivity contribution is -0.134. The zero-order valence-electron chi connectivity index (χ0n) is 14.7. The minimum Gasteiger partial charge on any atom is -0.497 e. The Kier molecular flexibility index (Phi) is 6.32. The van der Waals surface area contributed by atoms with Gasteiger partial charge in [-0.3, -0.25) is 14.4 Å². The molecule has 0 saturated carbocycles. The van der Waals surface area contributed by atoms with Crippen LogP contribution in [-0.2, 0) is 9.59 Å². The van der Waals surface area contributed by atoms with Crippen LogP contribution < -0.4 is 19.5 Å². The van der Waals surface area contributed by atoms with Crippen LogP contribution >= 0.6 is 0 Å². The zero-order chi connectivity index (χ0) is 19.1. The van der Waals surface area contributed by atoms with Crippen molar-refractivity contribution in [1.29, 1.82) is 0 Å². The van der Waals surface area contributed by atoms with Crippen LogP contribution in [0.5, 0.6) is 17.2 Å². The summed E-state index contributed by atoms with van der Waals surface area (Å²) in [5.74, 6) is -0.793. The van der Waals surface area contributed by atoms with Crippen LogP contribution in [-0.4, -0.2) is 38.8 Å². The minimum absolute atomic E-state index is 0.300. The van der Waals surface area contributed by atoms with Gasteiger partial charge in [0, 0.05) is 29.4 Å². The summed E-state index contributed by atoms with van der Waals surface area (Å²) in [6.07, 6.45) is -0.542. The van der Waals surface area contributed by atoms with E-state index in [4.69, 9.17) is 14.2 Å². The largest absolute Gasteiger partial charge is 0.497 e. The monoisotopic (exact) mass is 357 g/mol. The van der Waals surface area contributed by atoms with E-state index in [1.54, 1.807) is 24.3 Å². The fourth-order valence-electron chi connectivity index (χ4n) is 2.21. The lowest BCUT2D eigenvalue weighted by Crippen LogP contribution is -2.25. The van der Waals surface area contributed by atoms with Crippen molar-refractivity contribution in [2.45, 2.75) is 6.42 Å². The van der Waals surface area contributed by atoms with Crippen molar-refractivity contribution < 1.29 is 28.6 Å². The van der Waals surface area contributed by atoms with E-state index in [-0.39, 0.29) is 0 Å². The summed E-state index contributed by atoms with van der Waals surface area (Å²) in [7, 11) is 4.42. The van der Waals surface area contributed by atoms with Crippen molar-refractivity contribution >= 4 is 23.2 Å². The molecular weight excluding hydrogens is 338 g/mol. The van der Waals surface area contributed by atoms with Crippen molar-refractivity contribution in [2.24, 2.45) is 0 Å². The fraction of sp³-hybridized carbons (Fsp3) is 0.211. The molecule has 136 valence electrons. The second-order valence-corrected chi connectivity index (χ2v) is 5.31. The molecule has 0 atom stereocenters. The maximum absolute atomic E-state index is 12.2. The highest BCUT2D eigenvalue weighted by molar-refractivity contribution is 6.44. The lowest BCUT2D eigenvalue weighted by atomic mass is 10.1. The molecular formula is C19H19NO6. The van der Waals surface area contributed by atoms with Gasteiger partial charge in [-0.25, -0.2) is 0 Å². The summed E-state index contributed by atoms with van der Waals surface area (Å²) in [5, 5.41) is 2.45. The number of carbonyl (C=O) groups is 3. The molecule has 0 aliphatic heterocycles. The first kappa shape index (κ1) is 19.0. The number of anilines is 1. The van der Waals surface area contributed by atoms with Gasteiger partial charge >= 0.3 is 0 Å². The summed E-state index contributed by atoms with van der Waals surface area (Å²) < 4.78 is 15.2. The van der Waals surface area contributed by atoms with Crippen molar-refractivity contribution in [1.82, 2.24) is 0 Å². The van der Waals surface area contributed by atoms with Gasteiger partial charge in [-0.15, -0.1) is 0 Å². The van der Waals surface area contributed by atoms with Crippen LogP contribution in [0.3, 0.4) is 0 Å². The van der Waals surface area contributed by atoms with E-state index in [1.807, 2.05) is 0 Å². The van der Waals surface area contributed by atoms with Gasteiger partial charge in [0.15, 0.2) is 5.78 Å². The topological polar surface area (TPSA) is 90.9 Å². The molecule has 0 aliphatic rings. The highest BCUT2D eigenvalue weighted by Crippen LogP contribution is 2.25. The van der Waals surface area contributed by atoms with E-state index < -0.39 is 23.9 Å². The summed E-state index contributed by atoms with van der Waals surface area (Å²) in [6, 6.07) is 11.1. The summed E-state index contributed by atoms with van der Waals surface area (Å²) >= 11 is 0. The second-order valence-electron chi connectivity index (χ2n) is 5.31. The predicted molar refractivity (Wildman–Crippen MR) is 95.1 cm³/mol. The third-order valence-electron chi connectivity index (χ3n) is 3.58. The average molecular weight is 357 g/mol. The number of Topliss-reactive ketones (excluding diaryl/α,β-unsaturated/α-hetero) is 2. The summed E-state index contributed by atoms with van der Waals surface area (Å²) in [5.41, 5.74) is 0.627. The standard InChI is InChI=1S/C19H19NO6/c1-24-14-6-4-5-12(7-14)17(21)11-18(22)19(23)20-13-8-15(25-2)10-16(9-13)26-3/h4-10H,11H2,1-3H3,(H,20,23). The third-order valence-corrected chi connectivity index (χ3v) is 3.58. The Labute approximate surface area is 150 Å². The van der Waals surface area contributed by atoms with Crippen LogP contribution in [0, 0.1) is 0 Å². The molecule has 1 N–H and O–H groups in total. The lowest BCUT2D eigenvalue weighted by Gasteiger charge is -2.09. The highest BCUT2D eigenvalue weighted by Gasteiger charge is 2.20. The molecule has 7 nitrogen and oxygen atoms in total. The number of hydrogen-bond acceptors (Lipinski definition) is 6. The normalized spacial score (nSPS) is 9.96. The predicted octanol–water partition coefficient (Wildman–Crippen LogP) is 2.49. The van der Waals surface area contributed by atoms with Gasteiger partial charge < -0.3 is 19.5 Å². The van der Waals surface area contributed by atoms with Crippen LogP contribution in [0.15, 0.2) is 42.5 Å². The van der Waals surface area contributed by atoms with Crippen molar-refractivity contribution in [2.75, 3.05) is 26.6 Å². The van der Waals surface area contributed by atoms with Crippen LogP contribution in [0.2, 0.25) is 0 Å². The van der Waals surface area contributed by atoms with E-state index >= 15 is 0 Å². The number of ether oxygens (including phenoxy) is 3. The van der Waals surface area contributed by atoms with E-state index in [9.17, 15) is 14.4 Å². The van der Waals surface area contributed by atoms with E-state index in [0.717, 1.165) is 0 Å². The Bertz CT molecular complexity index is 808. The van der Waals surface area contributed by atoms with Gasteiger partial charge in [-0.05, 0) is 12.1 Å². The number of methoxy groups -OCH3 is 3. The fourth-order valence-corrected chi connectivity index (χ4v) is 2.21. The molecule has 0 heterocycles. The van der Waals surface area contributed by atoms with Gasteiger partial charge in [-0.1, -0.05) is 12.1 Å². The maximum atomic E-state index is 12.2. The maximum Gasteiger partial charge on any atom is 0.292 e. The van der Waals surface area contributed by atoms with E-state index in [0.29, 0.717) is 28.5 Å². The Morgan fingerprint density at radius 1 is 0.846 bits per heavy atom. The van der Waals surface area contributed by atoms with Gasteiger partial charge in [0.25, 0.3) is 5.91 Å². The van der Waals surface area contributed by atoms with E-state index in [2.05, 4.69) is 5.32 Å². The quantitative estimate of drug-likeness (QED) is 0.443. The molecule has 2 rings (SSSR count). The van der Waals surface area contributed by atoms with Gasteiger partial charge in [0.1, 0.15) is 17.2 Å². The molecule has 0 aromatic heterocycles. The van der Waals surface area contributed by atoms with Crippen molar-refractivity contribution in [3.05, 3.63) is 48.0 Å². The first-order valence-electron chi connectivity index (χ1n) is 7.71. The molecule has 0 saturated heterocycles. The SMILES string of the molecule is COc1cc(NC(=O)C(=O)CC(=O)c2cccc(OC)c2)cc(OC)c1. The molecule has 7 heteroatoms. The first-order valence-corrected chi connectivity index (χ1v) is 7.71. The van der Waals surface area contributed by atoms with E-state index in [1.165, 1.54) is 39.5 Å². The first-order chi connectivity index (χ1) is 12.5. The Morgan fingerprint density at radius 2 is 1.46 bits per heavy atom. The molecule has 0 bridgehead atoms. The van der Waals surface area contributed by atoms with Crippen LogP contribution in [0.4, 0.5) is 5.69 Å². The molecule has 2 aromatic carbocycles. The summed E-state index contributed by atoms with van der Waals surface area (Å²) in [4.78, 5) is 36.3. The van der Waals surface area contributed by atoms with Gasteiger partial charge in [-0.2, -0.15) is 0 Å². The molecule has 0 unspecified atom stereocenters. The van der Waals surface area contributed by atoms with Gasteiger partial charge in [0.2, 0.25) is 5.78 Å². The molecule has 0 aliphatic carbocycles. The molecule has 1 amide bonds. The number of ketones is 2. The van der Waals surface area contributed by atoms with Crippen LogP contribution in [0.1, 0.15) is 16.8 Å². The van der Waals surface area contributed by atoms with Crippen molar-refractivity contribution in [3.8, 4) is 17.2 Å². The molecule has 2 aromatic rings. The number of benzene rings is 2. The highest BCUT2D eigenvalue weighted by atomic mass is 16.5. The van der Waals surface area contributed by atoms with Crippen molar-refractivity contribution in [3.63, 3.8) is 0 Å². The minimum atomic E-state index is -0.892. The Balaban J connectivity index is 2.05. The number of hydrogen-bond donors (Lipinski definition) is 1. The number of rotatable bonds is 8.